The third-order valence-corrected chi connectivity index (χ3v) is 2.32. The summed E-state index contributed by atoms with van der Waals surface area (Å²) >= 11 is 0. The Hall–Kier alpha value is -1.06. The van der Waals surface area contributed by atoms with Gasteiger partial charge >= 0.3 is 0 Å². The third kappa shape index (κ3) is 3.53. The SMILES string of the molecule is CNCC(C)(O)Cc1ccccc1OC. The molecular weight excluding hydrogens is 190 g/mol. The standard InChI is InChI=1S/C12H19NO2/c1-12(14,9-13-2)8-10-6-4-5-7-11(10)15-3/h4-7,13-14H,8-9H2,1-3H3. The monoisotopic (exact) mass is 209 g/mol. The van der Waals surface area contributed by atoms with Gasteiger partial charge in [-0.15, -0.1) is 0 Å². The number of hydrogen-bond acceptors (Lipinski definition) is 3. The molecule has 0 aliphatic heterocycles. The molecule has 0 amide bonds. The van der Waals surface area contributed by atoms with Crippen LogP contribution in [0.1, 0.15) is 12.5 Å². The van der Waals surface area contributed by atoms with E-state index in [-0.39, 0.29) is 0 Å². The Kier molecular flexibility index (Phi) is 4.12. The van der Waals surface area contributed by atoms with Crippen LogP contribution in [0.3, 0.4) is 0 Å². The molecule has 0 saturated heterocycles. The van der Waals surface area contributed by atoms with Gasteiger partial charge < -0.3 is 15.2 Å². The number of aliphatic hydroxyl groups is 1. The predicted molar refractivity (Wildman–Crippen MR) is 61.2 cm³/mol. The molecule has 0 bridgehead atoms. The van der Waals surface area contributed by atoms with Crippen molar-refractivity contribution in [3.05, 3.63) is 29.8 Å². The Morgan fingerprint density at radius 3 is 2.67 bits per heavy atom. The minimum Gasteiger partial charge on any atom is -0.496 e. The molecule has 0 aromatic heterocycles. The average Bonchev–Trinajstić information content (AvgIpc) is 2.17. The quantitative estimate of drug-likeness (QED) is 0.766. The number of likely N-dealkylation sites (N-methyl/N-ethyl adjacent to an activating group) is 1. The first-order valence-electron chi connectivity index (χ1n) is 5.08. The van der Waals surface area contributed by atoms with Crippen LogP contribution >= 0.6 is 0 Å². The zero-order chi connectivity index (χ0) is 11.3. The highest BCUT2D eigenvalue weighted by atomic mass is 16.5. The van der Waals surface area contributed by atoms with Crippen LogP contribution in [0.2, 0.25) is 0 Å². The molecule has 3 heteroatoms. The Labute approximate surface area is 91.1 Å². The first kappa shape index (κ1) is 12.0. The molecule has 1 aromatic rings. The molecule has 0 heterocycles. The largest absolute Gasteiger partial charge is 0.496 e. The van der Waals surface area contributed by atoms with Crippen LogP contribution in [0, 0.1) is 0 Å². The highest BCUT2D eigenvalue weighted by Gasteiger charge is 2.21. The van der Waals surface area contributed by atoms with Gasteiger partial charge in [-0.2, -0.15) is 0 Å². The van der Waals surface area contributed by atoms with Gasteiger partial charge in [-0.3, -0.25) is 0 Å². The van der Waals surface area contributed by atoms with E-state index >= 15 is 0 Å². The molecule has 1 rings (SSSR count). The molecule has 15 heavy (non-hydrogen) atoms. The maximum atomic E-state index is 10.1. The lowest BCUT2D eigenvalue weighted by atomic mass is 9.96. The smallest absolute Gasteiger partial charge is 0.122 e. The van der Waals surface area contributed by atoms with Gasteiger partial charge in [-0.25, -0.2) is 0 Å². The van der Waals surface area contributed by atoms with Gasteiger partial charge in [-0.1, -0.05) is 18.2 Å². The third-order valence-electron chi connectivity index (χ3n) is 2.32. The van der Waals surface area contributed by atoms with Crippen molar-refractivity contribution in [3.63, 3.8) is 0 Å². The lowest BCUT2D eigenvalue weighted by molar-refractivity contribution is 0.0616. The van der Waals surface area contributed by atoms with Gasteiger partial charge in [0.05, 0.1) is 12.7 Å². The van der Waals surface area contributed by atoms with Crippen LogP contribution in [-0.2, 0) is 6.42 Å². The van der Waals surface area contributed by atoms with Crippen LogP contribution in [0.5, 0.6) is 5.75 Å². The first-order valence-corrected chi connectivity index (χ1v) is 5.08. The van der Waals surface area contributed by atoms with E-state index in [0.29, 0.717) is 13.0 Å². The minimum absolute atomic E-state index is 0.561. The summed E-state index contributed by atoms with van der Waals surface area (Å²) in [6, 6.07) is 7.76. The Morgan fingerprint density at radius 1 is 1.40 bits per heavy atom. The molecule has 0 aliphatic carbocycles. The highest BCUT2D eigenvalue weighted by molar-refractivity contribution is 5.34. The summed E-state index contributed by atoms with van der Waals surface area (Å²) < 4.78 is 5.24. The molecule has 1 aromatic carbocycles. The normalized spacial score (nSPS) is 14.7. The maximum absolute atomic E-state index is 10.1. The van der Waals surface area contributed by atoms with E-state index in [9.17, 15) is 5.11 Å². The van der Waals surface area contributed by atoms with E-state index in [1.165, 1.54) is 0 Å². The second kappa shape index (κ2) is 5.14. The van der Waals surface area contributed by atoms with Crippen molar-refractivity contribution in [1.29, 1.82) is 0 Å². The number of methoxy groups -OCH3 is 1. The minimum atomic E-state index is -0.747. The van der Waals surface area contributed by atoms with Gasteiger partial charge in [0.1, 0.15) is 5.75 Å². The number of rotatable bonds is 5. The van der Waals surface area contributed by atoms with Crippen LogP contribution in [-0.4, -0.2) is 31.4 Å². The molecule has 1 atom stereocenters. The van der Waals surface area contributed by atoms with E-state index in [1.807, 2.05) is 38.2 Å². The lowest BCUT2D eigenvalue weighted by Crippen LogP contribution is -2.38. The van der Waals surface area contributed by atoms with Gasteiger partial charge in [-0.05, 0) is 25.6 Å². The first-order chi connectivity index (χ1) is 7.09. The Morgan fingerprint density at radius 2 is 2.07 bits per heavy atom. The fourth-order valence-electron chi connectivity index (χ4n) is 1.70. The highest BCUT2D eigenvalue weighted by Crippen LogP contribution is 2.22. The second-order valence-electron chi connectivity index (χ2n) is 4.02. The molecule has 0 aliphatic rings. The van der Waals surface area contributed by atoms with Crippen LogP contribution < -0.4 is 10.1 Å². The van der Waals surface area contributed by atoms with Crippen molar-refractivity contribution < 1.29 is 9.84 Å². The van der Waals surface area contributed by atoms with Crippen LogP contribution in [0.25, 0.3) is 0 Å². The number of benzene rings is 1. The van der Waals surface area contributed by atoms with Gasteiger partial charge in [0.15, 0.2) is 0 Å². The van der Waals surface area contributed by atoms with E-state index in [2.05, 4.69) is 5.32 Å². The maximum Gasteiger partial charge on any atom is 0.122 e. The Bertz CT molecular complexity index is 310. The molecule has 0 fully saturated rings. The predicted octanol–water partition coefficient (Wildman–Crippen LogP) is 1.21. The van der Waals surface area contributed by atoms with E-state index in [1.54, 1.807) is 7.11 Å². The second-order valence-corrected chi connectivity index (χ2v) is 4.02. The lowest BCUT2D eigenvalue weighted by Gasteiger charge is -2.23. The molecule has 3 nitrogen and oxygen atoms in total. The topological polar surface area (TPSA) is 41.5 Å². The van der Waals surface area contributed by atoms with Crippen molar-refractivity contribution in [1.82, 2.24) is 5.32 Å². The molecule has 0 spiro atoms. The Balaban J connectivity index is 2.79. The van der Waals surface area contributed by atoms with E-state index in [0.717, 1.165) is 11.3 Å². The van der Waals surface area contributed by atoms with Crippen molar-refractivity contribution in [2.75, 3.05) is 20.7 Å². The molecule has 84 valence electrons. The zero-order valence-corrected chi connectivity index (χ0v) is 9.58. The van der Waals surface area contributed by atoms with Crippen LogP contribution in [0.15, 0.2) is 24.3 Å². The summed E-state index contributed by atoms with van der Waals surface area (Å²) in [5.74, 6) is 0.828. The van der Waals surface area contributed by atoms with Gasteiger partial charge in [0.25, 0.3) is 0 Å². The van der Waals surface area contributed by atoms with Gasteiger partial charge in [0.2, 0.25) is 0 Å². The van der Waals surface area contributed by atoms with Gasteiger partial charge in [0, 0.05) is 13.0 Å². The van der Waals surface area contributed by atoms with Crippen molar-refractivity contribution >= 4 is 0 Å². The molecule has 1 unspecified atom stereocenters. The van der Waals surface area contributed by atoms with Crippen LogP contribution in [0.4, 0.5) is 0 Å². The van der Waals surface area contributed by atoms with Crippen molar-refractivity contribution in [3.8, 4) is 5.75 Å². The number of para-hydroxylation sites is 1. The summed E-state index contributed by atoms with van der Waals surface area (Å²) in [7, 11) is 3.47. The van der Waals surface area contributed by atoms with Crippen molar-refractivity contribution in [2.24, 2.45) is 0 Å². The fourth-order valence-corrected chi connectivity index (χ4v) is 1.70. The number of ether oxygens (including phenoxy) is 1. The van der Waals surface area contributed by atoms with E-state index < -0.39 is 5.60 Å². The molecule has 2 N–H and O–H groups in total. The summed E-state index contributed by atoms with van der Waals surface area (Å²) in [5.41, 5.74) is 0.281. The average molecular weight is 209 g/mol. The molecule has 0 radical (unpaired) electrons. The van der Waals surface area contributed by atoms with E-state index in [4.69, 9.17) is 4.74 Å². The zero-order valence-electron chi connectivity index (χ0n) is 9.58. The summed E-state index contributed by atoms with van der Waals surface area (Å²) in [6.45, 7) is 2.38. The van der Waals surface area contributed by atoms with Crippen molar-refractivity contribution in [2.45, 2.75) is 18.9 Å². The summed E-state index contributed by atoms with van der Waals surface area (Å²) in [5, 5.41) is 13.0. The fraction of sp³-hybridized carbons (Fsp3) is 0.500. The number of nitrogens with one attached hydrogen (secondary N) is 1. The summed E-state index contributed by atoms with van der Waals surface area (Å²) in [4.78, 5) is 0. The molecule has 0 saturated carbocycles. The molecular formula is C12H19NO2. The number of hydrogen-bond donors (Lipinski definition) is 2. The summed E-state index contributed by atoms with van der Waals surface area (Å²) in [6.07, 6.45) is 0.581.